The number of halogens is 2. The maximum absolute atomic E-state index is 12.0. The van der Waals surface area contributed by atoms with Gasteiger partial charge in [-0.1, -0.05) is 180 Å². The number of hydrogen-bond donors (Lipinski definition) is 0. The van der Waals surface area contributed by atoms with E-state index in [1.807, 2.05) is 0 Å². The minimum Gasteiger partial charge on any atom is -0.211 e. The van der Waals surface area contributed by atoms with E-state index in [1.54, 1.807) is 0 Å². The lowest BCUT2D eigenvalue weighted by Crippen LogP contribution is -1.89. The zero-order chi connectivity index (χ0) is 24.1. The van der Waals surface area contributed by atoms with Gasteiger partial charge in [-0.25, -0.2) is 8.78 Å². The summed E-state index contributed by atoms with van der Waals surface area (Å²) < 4.78 is 24.1. The third kappa shape index (κ3) is 31.9. The molecule has 0 heterocycles. The molecule has 0 nitrogen and oxygen atoms in total. The molecule has 0 fully saturated rings. The summed E-state index contributed by atoms with van der Waals surface area (Å²) in [5.74, 6) is 0. The lowest BCUT2D eigenvalue weighted by molar-refractivity contribution is 0.133. The van der Waals surface area contributed by atoms with Crippen LogP contribution in [0.4, 0.5) is 8.78 Å². The van der Waals surface area contributed by atoms with Crippen LogP contribution in [0.1, 0.15) is 193 Å². The summed E-state index contributed by atoms with van der Waals surface area (Å²) in [6, 6.07) is 0. The summed E-state index contributed by atoms with van der Waals surface area (Å²) in [6.45, 7) is 2.30. The standard InChI is InChI=1S/C31H62F2/c1-2-3-4-5-6-7-8-9-10-11-12-13-14-15-16-17-18-19-20-21-22-23-24-25-26-27-28-29-30-31(32)33/h31H,2-30H2,1H3. The molecule has 0 bridgehead atoms. The smallest absolute Gasteiger partial charge is 0.211 e. The molecule has 0 saturated carbocycles. The Kier molecular flexibility index (Phi) is 29.8. The molecule has 0 aromatic heterocycles. The second-order valence-electron chi connectivity index (χ2n) is 10.7. The fourth-order valence-corrected chi connectivity index (χ4v) is 4.97. The van der Waals surface area contributed by atoms with Crippen molar-refractivity contribution in [3.8, 4) is 0 Å². The first-order chi connectivity index (χ1) is 16.3. The molecule has 0 aliphatic rings. The van der Waals surface area contributed by atoms with E-state index >= 15 is 0 Å². The highest BCUT2D eigenvalue weighted by Crippen LogP contribution is 2.16. The third-order valence-corrected chi connectivity index (χ3v) is 7.28. The van der Waals surface area contributed by atoms with Crippen LogP contribution < -0.4 is 0 Å². The van der Waals surface area contributed by atoms with Crippen molar-refractivity contribution in [3.05, 3.63) is 0 Å². The summed E-state index contributed by atoms with van der Waals surface area (Å²) in [6.07, 6.45) is 36.5. The molecule has 0 aromatic carbocycles. The molecule has 200 valence electrons. The van der Waals surface area contributed by atoms with Crippen molar-refractivity contribution >= 4 is 0 Å². The van der Waals surface area contributed by atoms with Crippen LogP contribution in [-0.2, 0) is 0 Å². The Labute approximate surface area is 208 Å². The van der Waals surface area contributed by atoms with Gasteiger partial charge in [-0.15, -0.1) is 0 Å². The van der Waals surface area contributed by atoms with Crippen molar-refractivity contribution in [2.75, 3.05) is 0 Å². The molecule has 0 unspecified atom stereocenters. The largest absolute Gasteiger partial charge is 0.238 e. The predicted octanol–water partition coefficient (Wildman–Crippen LogP) is 12.6. The molecule has 0 radical (unpaired) electrons. The Balaban J connectivity index is 3.00. The normalized spacial score (nSPS) is 11.6. The lowest BCUT2D eigenvalue weighted by atomic mass is 10.0. The highest BCUT2D eigenvalue weighted by Gasteiger charge is 2.01. The van der Waals surface area contributed by atoms with Gasteiger partial charge in [0.2, 0.25) is 6.43 Å². The average molecular weight is 473 g/mol. The lowest BCUT2D eigenvalue weighted by Gasteiger charge is -2.04. The third-order valence-electron chi connectivity index (χ3n) is 7.28. The number of rotatable bonds is 29. The van der Waals surface area contributed by atoms with E-state index in [1.165, 1.54) is 161 Å². The maximum Gasteiger partial charge on any atom is 0.238 e. The molecule has 0 N–H and O–H groups in total. The van der Waals surface area contributed by atoms with Crippen LogP contribution >= 0.6 is 0 Å². The van der Waals surface area contributed by atoms with Gasteiger partial charge in [0, 0.05) is 6.42 Å². The van der Waals surface area contributed by atoms with Gasteiger partial charge in [0.05, 0.1) is 0 Å². The Bertz CT molecular complexity index is 329. The quantitative estimate of drug-likeness (QED) is 0.0949. The van der Waals surface area contributed by atoms with Gasteiger partial charge in [-0.3, -0.25) is 0 Å². The van der Waals surface area contributed by atoms with Gasteiger partial charge < -0.3 is 0 Å². The fraction of sp³-hybridized carbons (Fsp3) is 1.00. The van der Waals surface area contributed by atoms with Crippen molar-refractivity contribution < 1.29 is 8.78 Å². The summed E-state index contributed by atoms with van der Waals surface area (Å²) in [4.78, 5) is 0. The van der Waals surface area contributed by atoms with E-state index in [0.717, 1.165) is 12.8 Å². The average Bonchev–Trinajstić information content (AvgIpc) is 2.80. The Morgan fingerprint density at radius 1 is 0.303 bits per heavy atom. The molecule has 0 aromatic rings. The minimum absolute atomic E-state index is 0.0967. The molecule has 0 saturated heterocycles. The Morgan fingerprint density at radius 2 is 0.485 bits per heavy atom. The summed E-state index contributed by atoms with van der Waals surface area (Å²) >= 11 is 0. The monoisotopic (exact) mass is 472 g/mol. The van der Waals surface area contributed by atoms with Crippen molar-refractivity contribution in [2.24, 2.45) is 0 Å². The van der Waals surface area contributed by atoms with E-state index in [0.29, 0.717) is 6.42 Å². The number of alkyl halides is 2. The molecule has 0 amide bonds. The van der Waals surface area contributed by atoms with Crippen LogP contribution in [0.3, 0.4) is 0 Å². The zero-order valence-electron chi connectivity index (χ0n) is 22.8. The second kappa shape index (κ2) is 29.9. The fourth-order valence-electron chi connectivity index (χ4n) is 4.97. The van der Waals surface area contributed by atoms with Crippen molar-refractivity contribution in [1.29, 1.82) is 0 Å². The summed E-state index contributed by atoms with van der Waals surface area (Å²) in [7, 11) is 0. The van der Waals surface area contributed by atoms with E-state index in [4.69, 9.17) is 0 Å². The highest BCUT2D eigenvalue weighted by molar-refractivity contribution is 4.52. The van der Waals surface area contributed by atoms with E-state index in [2.05, 4.69) is 6.92 Å². The van der Waals surface area contributed by atoms with Crippen LogP contribution in [0.15, 0.2) is 0 Å². The van der Waals surface area contributed by atoms with Crippen LogP contribution in [0.25, 0.3) is 0 Å². The molecule has 0 aliphatic heterocycles. The molecular weight excluding hydrogens is 410 g/mol. The van der Waals surface area contributed by atoms with E-state index in [9.17, 15) is 8.78 Å². The summed E-state index contributed by atoms with van der Waals surface area (Å²) in [5, 5.41) is 0. The van der Waals surface area contributed by atoms with Gasteiger partial charge in [-0.05, 0) is 6.42 Å². The van der Waals surface area contributed by atoms with Gasteiger partial charge in [0.25, 0.3) is 0 Å². The predicted molar refractivity (Wildman–Crippen MR) is 146 cm³/mol. The van der Waals surface area contributed by atoms with E-state index in [-0.39, 0.29) is 6.42 Å². The number of hydrogen-bond acceptors (Lipinski definition) is 0. The van der Waals surface area contributed by atoms with Crippen molar-refractivity contribution in [3.63, 3.8) is 0 Å². The molecular formula is C31H62F2. The first kappa shape index (κ1) is 32.9. The Hall–Kier alpha value is -0.140. The molecule has 0 atom stereocenters. The first-order valence-electron chi connectivity index (χ1n) is 15.6. The summed E-state index contributed by atoms with van der Waals surface area (Å²) in [5.41, 5.74) is 0. The van der Waals surface area contributed by atoms with E-state index < -0.39 is 6.43 Å². The minimum atomic E-state index is -2.10. The molecule has 0 aliphatic carbocycles. The van der Waals surface area contributed by atoms with Gasteiger partial charge >= 0.3 is 0 Å². The topological polar surface area (TPSA) is 0 Å². The van der Waals surface area contributed by atoms with Gasteiger partial charge in [-0.2, -0.15) is 0 Å². The van der Waals surface area contributed by atoms with Crippen LogP contribution in [0.2, 0.25) is 0 Å². The first-order valence-corrected chi connectivity index (χ1v) is 15.6. The zero-order valence-corrected chi connectivity index (χ0v) is 22.8. The molecule has 33 heavy (non-hydrogen) atoms. The van der Waals surface area contributed by atoms with Gasteiger partial charge in [0.1, 0.15) is 0 Å². The Morgan fingerprint density at radius 3 is 0.667 bits per heavy atom. The molecule has 0 spiro atoms. The molecule has 0 rings (SSSR count). The van der Waals surface area contributed by atoms with Crippen molar-refractivity contribution in [1.82, 2.24) is 0 Å². The van der Waals surface area contributed by atoms with Gasteiger partial charge in [0.15, 0.2) is 0 Å². The van der Waals surface area contributed by atoms with Crippen LogP contribution in [-0.4, -0.2) is 6.43 Å². The second-order valence-corrected chi connectivity index (χ2v) is 10.7. The number of unbranched alkanes of at least 4 members (excludes halogenated alkanes) is 27. The van der Waals surface area contributed by atoms with Crippen molar-refractivity contribution in [2.45, 2.75) is 200 Å². The highest BCUT2D eigenvalue weighted by atomic mass is 19.3. The molecule has 2 heteroatoms. The SMILES string of the molecule is CCCCCCCCCCCCCCCCCCCCCCCCCCCCCCC(F)F. The van der Waals surface area contributed by atoms with Crippen LogP contribution in [0, 0.1) is 0 Å². The maximum atomic E-state index is 12.0. The van der Waals surface area contributed by atoms with Crippen LogP contribution in [0.5, 0.6) is 0 Å².